The molecule has 2 atom stereocenters. The fraction of sp³-hybridized carbons (Fsp3) is 0.526. The van der Waals surface area contributed by atoms with Crippen LogP contribution in [-0.2, 0) is 9.53 Å². The van der Waals surface area contributed by atoms with Gasteiger partial charge in [0.05, 0.1) is 7.11 Å². The molecule has 0 bridgehead atoms. The number of carbonyl (C=O) groups is 2. The van der Waals surface area contributed by atoms with Crippen LogP contribution in [0.3, 0.4) is 0 Å². The van der Waals surface area contributed by atoms with Crippen LogP contribution in [0.5, 0.6) is 0 Å². The van der Waals surface area contributed by atoms with Crippen LogP contribution in [0.25, 0.3) is 0 Å². The van der Waals surface area contributed by atoms with E-state index >= 15 is 0 Å². The lowest BCUT2D eigenvalue weighted by Gasteiger charge is -2.39. The molecule has 0 aromatic carbocycles. The second kappa shape index (κ2) is 7.16. The zero-order chi connectivity index (χ0) is 17.0. The number of nitrogens with zero attached hydrogens (tertiary/aromatic N) is 1. The molecule has 5 nitrogen and oxygen atoms in total. The fourth-order valence-electron chi connectivity index (χ4n) is 3.98. The van der Waals surface area contributed by atoms with E-state index in [1.54, 1.807) is 24.4 Å². The number of nitrogens with one attached hydrogen (secondary N) is 1. The molecule has 1 aromatic rings. The van der Waals surface area contributed by atoms with Crippen molar-refractivity contribution in [1.82, 2.24) is 10.3 Å². The van der Waals surface area contributed by atoms with Gasteiger partial charge < -0.3 is 10.1 Å². The van der Waals surface area contributed by atoms with Crippen LogP contribution in [0, 0.1) is 5.92 Å². The summed E-state index contributed by atoms with van der Waals surface area (Å²) in [7, 11) is 1.38. The largest absolute Gasteiger partial charge is 0.467 e. The Hall–Kier alpha value is -2.17. The predicted molar refractivity (Wildman–Crippen MR) is 90.3 cm³/mol. The molecule has 1 N–H and O–H groups in total. The SMILES string of the molecule is COC(=O)[C@@]1(NC(=O)c2ccccn2)CCC[C@H](C2=CCCC2)C1. The molecule has 0 unspecified atom stereocenters. The monoisotopic (exact) mass is 328 g/mol. The van der Waals surface area contributed by atoms with E-state index in [0.717, 1.165) is 25.7 Å². The lowest BCUT2D eigenvalue weighted by atomic mass is 9.72. The summed E-state index contributed by atoms with van der Waals surface area (Å²) in [6.45, 7) is 0. The van der Waals surface area contributed by atoms with Crippen LogP contribution in [0.4, 0.5) is 0 Å². The van der Waals surface area contributed by atoms with Crippen LogP contribution >= 0.6 is 0 Å². The van der Waals surface area contributed by atoms with Gasteiger partial charge in [0.2, 0.25) is 0 Å². The summed E-state index contributed by atoms with van der Waals surface area (Å²) in [6.07, 6.45) is 10.5. The number of aromatic nitrogens is 1. The minimum Gasteiger partial charge on any atom is -0.467 e. The van der Waals surface area contributed by atoms with E-state index in [1.165, 1.54) is 19.1 Å². The lowest BCUT2D eigenvalue weighted by Crippen LogP contribution is -2.57. The van der Waals surface area contributed by atoms with E-state index in [4.69, 9.17) is 4.74 Å². The summed E-state index contributed by atoms with van der Waals surface area (Å²) in [4.78, 5) is 29.2. The van der Waals surface area contributed by atoms with Crippen molar-refractivity contribution in [2.75, 3.05) is 7.11 Å². The van der Waals surface area contributed by atoms with Gasteiger partial charge in [0, 0.05) is 6.20 Å². The molecule has 0 radical (unpaired) electrons. The van der Waals surface area contributed by atoms with Gasteiger partial charge in [-0.3, -0.25) is 9.78 Å². The van der Waals surface area contributed by atoms with E-state index in [2.05, 4.69) is 16.4 Å². The first-order valence-corrected chi connectivity index (χ1v) is 8.65. The molecule has 2 aliphatic carbocycles. The quantitative estimate of drug-likeness (QED) is 0.681. The molecular weight excluding hydrogens is 304 g/mol. The van der Waals surface area contributed by atoms with Crippen molar-refractivity contribution < 1.29 is 14.3 Å². The van der Waals surface area contributed by atoms with E-state index < -0.39 is 5.54 Å². The molecule has 0 aliphatic heterocycles. The minimum absolute atomic E-state index is 0.318. The molecule has 0 saturated heterocycles. The van der Waals surface area contributed by atoms with Crippen LogP contribution < -0.4 is 5.32 Å². The normalized spacial score (nSPS) is 26.5. The first-order chi connectivity index (χ1) is 11.6. The number of esters is 1. The molecule has 1 amide bonds. The maximum atomic E-state index is 12.6. The molecule has 128 valence electrons. The summed E-state index contributed by atoms with van der Waals surface area (Å²) in [5.41, 5.74) is 0.813. The van der Waals surface area contributed by atoms with Gasteiger partial charge in [-0.25, -0.2) is 4.79 Å². The molecule has 1 heterocycles. The second-order valence-corrected chi connectivity index (χ2v) is 6.71. The molecule has 3 rings (SSSR count). The molecule has 24 heavy (non-hydrogen) atoms. The number of allylic oxidation sites excluding steroid dienone is 2. The zero-order valence-corrected chi connectivity index (χ0v) is 14.1. The third-order valence-electron chi connectivity index (χ3n) is 5.18. The molecule has 2 aliphatic rings. The van der Waals surface area contributed by atoms with Crippen molar-refractivity contribution in [3.8, 4) is 0 Å². The highest BCUT2D eigenvalue weighted by Gasteiger charge is 2.46. The van der Waals surface area contributed by atoms with Crippen LogP contribution in [0.15, 0.2) is 36.0 Å². The molecular formula is C19H24N2O3. The van der Waals surface area contributed by atoms with Crippen molar-refractivity contribution in [2.45, 2.75) is 50.5 Å². The Morgan fingerprint density at radius 1 is 1.33 bits per heavy atom. The first-order valence-electron chi connectivity index (χ1n) is 8.65. The van der Waals surface area contributed by atoms with Crippen molar-refractivity contribution in [3.63, 3.8) is 0 Å². The third kappa shape index (κ3) is 3.35. The van der Waals surface area contributed by atoms with E-state index in [1.807, 2.05) is 0 Å². The average Bonchev–Trinajstić information content (AvgIpc) is 3.16. The van der Waals surface area contributed by atoms with Crippen LogP contribution in [-0.4, -0.2) is 29.5 Å². The Labute approximate surface area is 142 Å². The van der Waals surface area contributed by atoms with Crippen LogP contribution in [0.1, 0.15) is 55.4 Å². The number of methoxy groups -OCH3 is 1. The first kappa shape index (κ1) is 16.7. The molecule has 1 fully saturated rings. The molecule has 1 saturated carbocycles. The zero-order valence-electron chi connectivity index (χ0n) is 14.1. The Morgan fingerprint density at radius 3 is 2.88 bits per heavy atom. The fourth-order valence-corrected chi connectivity index (χ4v) is 3.98. The van der Waals surface area contributed by atoms with Gasteiger partial charge in [-0.1, -0.05) is 17.7 Å². The van der Waals surface area contributed by atoms with Gasteiger partial charge >= 0.3 is 5.97 Å². The average molecular weight is 328 g/mol. The van der Waals surface area contributed by atoms with Gasteiger partial charge in [0.15, 0.2) is 0 Å². The third-order valence-corrected chi connectivity index (χ3v) is 5.18. The number of amides is 1. The van der Waals surface area contributed by atoms with E-state index in [-0.39, 0.29) is 11.9 Å². The highest BCUT2D eigenvalue weighted by Crippen LogP contribution is 2.40. The van der Waals surface area contributed by atoms with Crippen molar-refractivity contribution >= 4 is 11.9 Å². The topological polar surface area (TPSA) is 68.3 Å². The predicted octanol–water partition coefficient (Wildman–Crippen LogP) is 3.02. The minimum atomic E-state index is -0.949. The summed E-state index contributed by atoms with van der Waals surface area (Å²) in [5.74, 6) is -0.318. The van der Waals surface area contributed by atoms with E-state index in [0.29, 0.717) is 24.5 Å². The Kier molecular flexibility index (Phi) is 4.97. The maximum Gasteiger partial charge on any atom is 0.331 e. The Balaban J connectivity index is 1.82. The van der Waals surface area contributed by atoms with Gasteiger partial charge in [0.1, 0.15) is 11.2 Å². The van der Waals surface area contributed by atoms with Crippen LogP contribution in [0.2, 0.25) is 0 Å². The van der Waals surface area contributed by atoms with Gasteiger partial charge in [-0.05, 0) is 63.0 Å². The summed E-state index contributed by atoms with van der Waals surface area (Å²) >= 11 is 0. The lowest BCUT2D eigenvalue weighted by molar-refractivity contribution is -0.150. The van der Waals surface area contributed by atoms with Gasteiger partial charge in [0.25, 0.3) is 5.91 Å². The Morgan fingerprint density at radius 2 is 2.21 bits per heavy atom. The highest BCUT2D eigenvalue weighted by atomic mass is 16.5. The number of hydrogen-bond acceptors (Lipinski definition) is 4. The van der Waals surface area contributed by atoms with E-state index in [9.17, 15) is 9.59 Å². The van der Waals surface area contributed by atoms with Crippen molar-refractivity contribution in [3.05, 3.63) is 41.7 Å². The van der Waals surface area contributed by atoms with Crippen molar-refractivity contribution in [1.29, 1.82) is 0 Å². The molecule has 0 spiro atoms. The number of pyridine rings is 1. The number of rotatable bonds is 4. The standard InChI is InChI=1S/C19H24N2O3/c1-24-18(23)19(21-17(22)16-10-4-5-12-20-16)11-6-9-15(13-19)14-7-2-3-8-14/h4-5,7,10,12,15H,2-3,6,8-9,11,13H2,1H3,(H,21,22)/t15-,19+/m0/s1. The molecule has 1 aromatic heterocycles. The molecule has 5 heteroatoms. The summed E-state index contributed by atoms with van der Waals surface area (Å²) in [5, 5.41) is 2.95. The van der Waals surface area contributed by atoms with Crippen molar-refractivity contribution in [2.24, 2.45) is 5.92 Å². The van der Waals surface area contributed by atoms with Gasteiger partial charge in [-0.2, -0.15) is 0 Å². The Bertz CT molecular complexity index is 641. The smallest absolute Gasteiger partial charge is 0.331 e. The number of carbonyl (C=O) groups excluding carboxylic acids is 2. The second-order valence-electron chi connectivity index (χ2n) is 6.71. The number of hydrogen-bond donors (Lipinski definition) is 1. The highest BCUT2D eigenvalue weighted by molar-refractivity contribution is 5.96. The number of ether oxygens (including phenoxy) is 1. The van der Waals surface area contributed by atoms with Gasteiger partial charge in [-0.15, -0.1) is 0 Å². The summed E-state index contributed by atoms with van der Waals surface area (Å²) in [6, 6.07) is 5.18. The summed E-state index contributed by atoms with van der Waals surface area (Å²) < 4.78 is 5.05. The maximum absolute atomic E-state index is 12.6.